The zero-order valence-corrected chi connectivity index (χ0v) is 17.0. The van der Waals surface area contributed by atoms with Gasteiger partial charge in [-0.15, -0.1) is 0 Å². The number of hydrogen-bond acceptors (Lipinski definition) is 5. The summed E-state index contributed by atoms with van der Waals surface area (Å²) in [5.74, 6) is -2.52. The zero-order valence-electron chi connectivity index (χ0n) is 17.0. The van der Waals surface area contributed by atoms with Crippen molar-refractivity contribution < 1.29 is 32.2 Å². The number of hydrogen-bond donors (Lipinski definition) is 0. The van der Waals surface area contributed by atoms with E-state index in [9.17, 15) is 22.8 Å². The number of carbonyl (C=O) groups is 2. The summed E-state index contributed by atoms with van der Waals surface area (Å²) >= 11 is 0. The van der Waals surface area contributed by atoms with E-state index in [0.717, 1.165) is 17.0 Å². The number of halogens is 3. The summed E-state index contributed by atoms with van der Waals surface area (Å²) in [6.07, 6.45) is -2.72. The lowest BCUT2D eigenvalue weighted by Crippen LogP contribution is -2.66. The van der Waals surface area contributed by atoms with Gasteiger partial charge in [-0.1, -0.05) is 0 Å². The second-order valence-electron chi connectivity index (χ2n) is 7.72. The molecule has 8 nitrogen and oxygen atoms in total. The molecule has 2 aliphatic heterocycles. The molecule has 1 atom stereocenters. The monoisotopic (exact) mass is 438 g/mol. The smallest absolute Gasteiger partial charge is 0.376 e. The molecule has 0 radical (unpaired) electrons. The number of alkyl halides is 2. The van der Waals surface area contributed by atoms with E-state index >= 15 is 0 Å². The number of rotatable bonds is 2. The molecule has 0 aliphatic carbocycles. The highest BCUT2D eigenvalue weighted by Crippen LogP contribution is 2.37. The molecule has 2 fully saturated rings. The fourth-order valence-corrected chi connectivity index (χ4v) is 3.81. The van der Waals surface area contributed by atoms with Gasteiger partial charge in [0, 0.05) is 25.0 Å². The van der Waals surface area contributed by atoms with Gasteiger partial charge in [0.1, 0.15) is 11.4 Å². The van der Waals surface area contributed by atoms with Crippen LogP contribution in [0.5, 0.6) is 0 Å². The first-order chi connectivity index (χ1) is 14.6. The molecule has 0 N–H and O–H groups in total. The summed E-state index contributed by atoms with van der Waals surface area (Å²) in [5.41, 5.74) is -0.608. The van der Waals surface area contributed by atoms with E-state index in [4.69, 9.17) is 9.47 Å². The van der Waals surface area contributed by atoms with Crippen LogP contribution in [0.15, 0.2) is 30.5 Å². The van der Waals surface area contributed by atoms with Crippen molar-refractivity contribution in [2.45, 2.75) is 18.6 Å². The molecule has 3 heterocycles. The van der Waals surface area contributed by atoms with Gasteiger partial charge < -0.3 is 14.5 Å². The van der Waals surface area contributed by atoms with E-state index in [1.807, 2.05) is 0 Å². The van der Waals surface area contributed by atoms with Crippen LogP contribution in [-0.4, -0.2) is 71.1 Å². The normalized spacial score (nSPS) is 23.8. The van der Waals surface area contributed by atoms with E-state index in [1.165, 1.54) is 27.9 Å². The van der Waals surface area contributed by atoms with Crippen LogP contribution in [0.3, 0.4) is 0 Å². The van der Waals surface area contributed by atoms with E-state index in [2.05, 4.69) is 5.10 Å². The molecule has 31 heavy (non-hydrogen) atoms. The maximum absolute atomic E-state index is 14.6. The van der Waals surface area contributed by atoms with E-state index in [1.54, 1.807) is 14.0 Å². The maximum atomic E-state index is 14.6. The Morgan fingerprint density at radius 1 is 1.19 bits per heavy atom. The summed E-state index contributed by atoms with van der Waals surface area (Å²) in [5, 5.41) is 4.05. The van der Waals surface area contributed by atoms with Gasteiger partial charge >= 0.3 is 12.0 Å². The van der Waals surface area contributed by atoms with Crippen LogP contribution in [0.2, 0.25) is 0 Å². The molecule has 2 aromatic rings. The lowest BCUT2D eigenvalue weighted by atomic mass is 10.00. The molecule has 1 unspecified atom stereocenters. The summed E-state index contributed by atoms with van der Waals surface area (Å²) in [6.45, 7) is 1.25. The Balaban J connectivity index is 1.66. The van der Waals surface area contributed by atoms with Crippen molar-refractivity contribution >= 4 is 17.5 Å². The third kappa shape index (κ3) is 3.90. The number of amides is 2. The highest BCUT2D eigenvalue weighted by atomic mass is 19.3. The minimum atomic E-state index is -4.14. The Bertz CT molecular complexity index is 1010. The maximum Gasteiger partial charge on any atom is 0.437 e. The predicted molar refractivity (Wildman–Crippen MR) is 102 cm³/mol. The molecule has 2 aliphatic rings. The molecule has 2 amide bonds. The molecule has 11 heteroatoms. The Labute approximate surface area is 176 Å². The van der Waals surface area contributed by atoms with Crippen molar-refractivity contribution in [3.8, 4) is 0 Å². The number of benzene rings is 1. The Kier molecular flexibility index (Phi) is 5.26. The molecule has 1 aromatic carbocycles. The molecule has 2 saturated heterocycles. The SMILES string of the molecule is Cc1c(C(=O)N2CCOCC3(C2)CN(c2ccc(F)cc2)C(=O)C(F)(F)O3)cnn1C. The quantitative estimate of drug-likeness (QED) is 0.714. The molecule has 4 rings (SSSR count). The van der Waals surface area contributed by atoms with Crippen LogP contribution >= 0.6 is 0 Å². The second kappa shape index (κ2) is 7.65. The Hall–Kier alpha value is -2.92. The standard InChI is InChI=1S/C20H21F3N4O4/c1-13-16(9-24-25(13)2)17(28)26-7-8-30-12-19(10-26)11-27(18(29)20(22,23)31-19)15-5-3-14(21)4-6-15/h3-6,9H,7-8,10-12H2,1-2H3. The first-order valence-corrected chi connectivity index (χ1v) is 9.63. The molecule has 1 aromatic heterocycles. The van der Waals surface area contributed by atoms with Crippen molar-refractivity contribution in [2.24, 2.45) is 7.05 Å². The van der Waals surface area contributed by atoms with Crippen LogP contribution in [0.1, 0.15) is 16.1 Å². The summed E-state index contributed by atoms with van der Waals surface area (Å²) in [6, 6.07) is 4.63. The van der Waals surface area contributed by atoms with Crippen LogP contribution < -0.4 is 4.90 Å². The molecule has 1 spiro atoms. The van der Waals surface area contributed by atoms with E-state index < -0.39 is 29.3 Å². The molecular weight excluding hydrogens is 417 g/mol. The number of aromatic nitrogens is 2. The number of nitrogens with zero attached hydrogens (tertiary/aromatic N) is 4. The van der Waals surface area contributed by atoms with Crippen molar-refractivity contribution in [3.63, 3.8) is 0 Å². The number of morpholine rings is 1. The van der Waals surface area contributed by atoms with Gasteiger partial charge in [0.05, 0.1) is 38.1 Å². The van der Waals surface area contributed by atoms with Crippen LogP contribution in [0.4, 0.5) is 18.9 Å². The lowest BCUT2D eigenvalue weighted by Gasteiger charge is -2.45. The van der Waals surface area contributed by atoms with Crippen molar-refractivity contribution in [3.05, 3.63) is 47.5 Å². The largest absolute Gasteiger partial charge is 0.437 e. The first-order valence-electron chi connectivity index (χ1n) is 9.63. The summed E-state index contributed by atoms with van der Waals surface area (Å²) in [7, 11) is 1.69. The van der Waals surface area contributed by atoms with Crippen molar-refractivity contribution in [1.29, 1.82) is 0 Å². The molecule has 0 saturated carbocycles. The average Bonchev–Trinajstić information content (AvgIpc) is 2.93. The highest BCUT2D eigenvalue weighted by molar-refractivity contribution is 5.98. The minimum absolute atomic E-state index is 0.0963. The Morgan fingerprint density at radius 2 is 1.90 bits per heavy atom. The zero-order chi connectivity index (χ0) is 22.4. The van der Waals surface area contributed by atoms with Gasteiger partial charge in [-0.25, -0.2) is 4.39 Å². The number of ether oxygens (including phenoxy) is 2. The van der Waals surface area contributed by atoms with E-state index in [0.29, 0.717) is 11.3 Å². The van der Waals surface area contributed by atoms with Crippen LogP contribution in [-0.2, 0) is 21.3 Å². The third-order valence-corrected chi connectivity index (χ3v) is 5.53. The second-order valence-corrected chi connectivity index (χ2v) is 7.72. The third-order valence-electron chi connectivity index (χ3n) is 5.53. The Morgan fingerprint density at radius 3 is 2.55 bits per heavy atom. The lowest BCUT2D eigenvalue weighted by molar-refractivity contribution is -0.293. The van der Waals surface area contributed by atoms with Crippen molar-refractivity contribution in [2.75, 3.05) is 37.7 Å². The fourth-order valence-electron chi connectivity index (χ4n) is 3.81. The van der Waals surface area contributed by atoms with Gasteiger partial charge in [0.2, 0.25) is 0 Å². The van der Waals surface area contributed by atoms with Gasteiger partial charge in [0.15, 0.2) is 0 Å². The number of anilines is 1. The fraction of sp³-hybridized carbons (Fsp3) is 0.450. The molecule has 166 valence electrons. The summed E-state index contributed by atoms with van der Waals surface area (Å²) in [4.78, 5) is 27.6. The number of aryl methyl sites for hydroxylation is 1. The molecule has 0 bridgehead atoms. The van der Waals surface area contributed by atoms with Crippen molar-refractivity contribution in [1.82, 2.24) is 14.7 Å². The van der Waals surface area contributed by atoms with Crippen LogP contribution in [0, 0.1) is 12.7 Å². The van der Waals surface area contributed by atoms with Gasteiger partial charge in [-0.05, 0) is 31.2 Å². The number of carbonyl (C=O) groups excluding carboxylic acids is 2. The average molecular weight is 438 g/mol. The van der Waals surface area contributed by atoms with Gasteiger partial charge in [0.25, 0.3) is 5.91 Å². The minimum Gasteiger partial charge on any atom is -0.376 e. The van der Waals surface area contributed by atoms with E-state index in [-0.39, 0.29) is 38.5 Å². The highest BCUT2D eigenvalue weighted by Gasteiger charge is 2.58. The first kappa shape index (κ1) is 21.3. The summed E-state index contributed by atoms with van der Waals surface area (Å²) < 4.78 is 54.6. The van der Waals surface area contributed by atoms with Gasteiger partial charge in [-0.3, -0.25) is 19.0 Å². The van der Waals surface area contributed by atoms with Gasteiger partial charge in [-0.2, -0.15) is 13.9 Å². The van der Waals surface area contributed by atoms with Crippen LogP contribution in [0.25, 0.3) is 0 Å². The topological polar surface area (TPSA) is 76.9 Å². The molecular formula is C20H21F3N4O4. The predicted octanol–water partition coefficient (Wildman–Crippen LogP) is 1.74.